The van der Waals surface area contributed by atoms with Gasteiger partial charge < -0.3 is 9.47 Å². The summed E-state index contributed by atoms with van der Waals surface area (Å²) in [6.07, 6.45) is 1.15. The largest absolute Gasteiger partial charge is 0.348 e. The molecule has 0 aromatic heterocycles. The van der Waals surface area contributed by atoms with Crippen LogP contribution in [0.1, 0.15) is 26.7 Å². The van der Waals surface area contributed by atoms with E-state index in [9.17, 15) is 8.42 Å². The lowest BCUT2D eigenvalue weighted by atomic mass is 10.4. The van der Waals surface area contributed by atoms with Crippen molar-refractivity contribution in [1.82, 2.24) is 0 Å². The summed E-state index contributed by atoms with van der Waals surface area (Å²) in [5, 5.41) is -0.284. The molecule has 0 amide bonds. The molecule has 15 heavy (non-hydrogen) atoms. The van der Waals surface area contributed by atoms with E-state index in [1.807, 2.05) is 0 Å². The standard InChI is InChI=1S/C9H16O5S/c1-9(2)12-5-7(14-9)6-13-15(10,11)8-3-4-8/h7-8H,3-6H2,1-2H3/t7-/m0/s1. The molecule has 1 saturated carbocycles. The van der Waals surface area contributed by atoms with Gasteiger partial charge in [0.1, 0.15) is 6.10 Å². The Kier molecular flexibility index (Phi) is 2.79. The van der Waals surface area contributed by atoms with Crippen LogP contribution in [-0.4, -0.2) is 38.8 Å². The van der Waals surface area contributed by atoms with Gasteiger partial charge in [-0.1, -0.05) is 0 Å². The molecule has 2 rings (SSSR count). The Labute approximate surface area is 89.8 Å². The van der Waals surface area contributed by atoms with Crippen molar-refractivity contribution < 1.29 is 22.1 Å². The van der Waals surface area contributed by atoms with E-state index in [4.69, 9.17) is 13.7 Å². The van der Waals surface area contributed by atoms with Crippen molar-refractivity contribution in [2.45, 2.75) is 43.8 Å². The molecule has 1 heterocycles. The second kappa shape index (κ2) is 3.69. The van der Waals surface area contributed by atoms with E-state index in [0.29, 0.717) is 6.61 Å². The summed E-state index contributed by atoms with van der Waals surface area (Å²) in [4.78, 5) is 0. The minimum absolute atomic E-state index is 0.0578. The molecule has 1 aliphatic carbocycles. The van der Waals surface area contributed by atoms with Crippen LogP contribution in [0, 0.1) is 0 Å². The van der Waals surface area contributed by atoms with Crippen LogP contribution in [0.4, 0.5) is 0 Å². The zero-order valence-corrected chi connectivity index (χ0v) is 9.75. The number of hydrogen-bond acceptors (Lipinski definition) is 5. The Morgan fingerprint density at radius 3 is 2.53 bits per heavy atom. The van der Waals surface area contributed by atoms with Gasteiger partial charge in [-0.25, -0.2) is 0 Å². The topological polar surface area (TPSA) is 61.8 Å². The maximum absolute atomic E-state index is 11.4. The van der Waals surface area contributed by atoms with Crippen LogP contribution < -0.4 is 0 Å². The highest BCUT2D eigenvalue weighted by Crippen LogP contribution is 2.30. The summed E-state index contributed by atoms with van der Waals surface area (Å²) in [6.45, 7) is 4.03. The SMILES string of the molecule is CC1(C)OC[C@@H](COS(=O)(=O)C2CC2)O1. The van der Waals surface area contributed by atoms with Gasteiger partial charge in [-0.05, 0) is 26.7 Å². The fourth-order valence-electron chi connectivity index (χ4n) is 1.47. The third-order valence-electron chi connectivity index (χ3n) is 2.42. The second-order valence-corrected chi connectivity index (χ2v) is 6.32. The maximum Gasteiger partial charge on any atom is 0.270 e. The van der Waals surface area contributed by atoms with E-state index in [0.717, 1.165) is 12.8 Å². The summed E-state index contributed by atoms with van der Waals surface area (Å²) >= 11 is 0. The monoisotopic (exact) mass is 236 g/mol. The molecular formula is C9H16O5S. The van der Waals surface area contributed by atoms with Gasteiger partial charge in [-0.3, -0.25) is 4.18 Å². The third-order valence-corrected chi connectivity index (χ3v) is 4.17. The highest BCUT2D eigenvalue weighted by molar-refractivity contribution is 7.87. The Bertz CT molecular complexity index is 330. The highest BCUT2D eigenvalue weighted by Gasteiger charge is 2.39. The molecule has 88 valence electrons. The minimum atomic E-state index is -3.35. The smallest absolute Gasteiger partial charge is 0.270 e. The Morgan fingerprint density at radius 2 is 2.07 bits per heavy atom. The molecule has 0 bridgehead atoms. The lowest BCUT2D eigenvalue weighted by molar-refractivity contribution is -0.141. The van der Waals surface area contributed by atoms with Crippen LogP contribution in [0.2, 0.25) is 0 Å². The average Bonchev–Trinajstić information content (AvgIpc) is 2.89. The summed E-state index contributed by atoms with van der Waals surface area (Å²) < 4.78 is 38.4. The van der Waals surface area contributed by atoms with Crippen molar-refractivity contribution in [3.05, 3.63) is 0 Å². The number of ether oxygens (including phenoxy) is 2. The Morgan fingerprint density at radius 1 is 1.40 bits per heavy atom. The van der Waals surface area contributed by atoms with E-state index in [1.165, 1.54) is 0 Å². The fourth-order valence-corrected chi connectivity index (χ4v) is 2.72. The normalized spacial score (nSPS) is 30.7. The van der Waals surface area contributed by atoms with Crippen molar-refractivity contribution in [3.63, 3.8) is 0 Å². The van der Waals surface area contributed by atoms with Gasteiger partial charge in [0.25, 0.3) is 10.1 Å². The van der Waals surface area contributed by atoms with Crippen molar-refractivity contribution in [3.8, 4) is 0 Å². The van der Waals surface area contributed by atoms with Gasteiger partial charge in [-0.15, -0.1) is 0 Å². The predicted octanol–water partition coefficient (Wildman–Crippen LogP) is 0.647. The first-order chi connectivity index (χ1) is 6.89. The number of rotatable bonds is 4. The van der Waals surface area contributed by atoms with E-state index >= 15 is 0 Å². The first-order valence-corrected chi connectivity index (χ1v) is 6.56. The van der Waals surface area contributed by atoms with E-state index in [1.54, 1.807) is 13.8 Å². The molecule has 0 N–H and O–H groups in total. The zero-order valence-electron chi connectivity index (χ0n) is 8.93. The Hall–Kier alpha value is -0.170. The van der Waals surface area contributed by atoms with E-state index in [-0.39, 0.29) is 18.0 Å². The summed E-state index contributed by atoms with van der Waals surface area (Å²) in [5.74, 6) is -0.628. The molecule has 0 spiro atoms. The van der Waals surface area contributed by atoms with Gasteiger partial charge in [0, 0.05) is 0 Å². The van der Waals surface area contributed by atoms with Crippen molar-refractivity contribution in [2.75, 3.05) is 13.2 Å². The van der Waals surface area contributed by atoms with Crippen molar-refractivity contribution >= 4 is 10.1 Å². The molecule has 1 saturated heterocycles. The summed E-state index contributed by atoms with van der Waals surface area (Å²) in [7, 11) is -3.35. The predicted molar refractivity (Wildman–Crippen MR) is 52.8 cm³/mol. The van der Waals surface area contributed by atoms with Crippen LogP contribution >= 0.6 is 0 Å². The van der Waals surface area contributed by atoms with Gasteiger partial charge in [-0.2, -0.15) is 8.42 Å². The first-order valence-electron chi connectivity index (χ1n) is 5.09. The van der Waals surface area contributed by atoms with E-state index < -0.39 is 15.9 Å². The highest BCUT2D eigenvalue weighted by atomic mass is 32.2. The van der Waals surface area contributed by atoms with E-state index in [2.05, 4.69) is 0 Å². The number of hydrogen-bond donors (Lipinski definition) is 0. The first kappa shape index (κ1) is 11.3. The molecule has 1 aliphatic heterocycles. The maximum atomic E-state index is 11.4. The quantitative estimate of drug-likeness (QED) is 0.670. The molecule has 0 radical (unpaired) electrons. The van der Waals surface area contributed by atoms with Crippen molar-refractivity contribution in [1.29, 1.82) is 0 Å². The zero-order chi connectivity index (χ0) is 11.1. The van der Waals surface area contributed by atoms with Gasteiger partial charge in [0.15, 0.2) is 5.79 Å². The van der Waals surface area contributed by atoms with Gasteiger partial charge >= 0.3 is 0 Å². The molecule has 1 atom stereocenters. The van der Waals surface area contributed by atoms with Crippen LogP contribution in [0.5, 0.6) is 0 Å². The average molecular weight is 236 g/mol. The minimum Gasteiger partial charge on any atom is -0.348 e. The fraction of sp³-hybridized carbons (Fsp3) is 1.00. The molecule has 2 fully saturated rings. The molecule has 6 heteroatoms. The molecule has 2 aliphatic rings. The van der Waals surface area contributed by atoms with Crippen LogP contribution in [0.3, 0.4) is 0 Å². The van der Waals surface area contributed by atoms with Gasteiger partial charge in [0.2, 0.25) is 0 Å². The van der Waals surface area contributed by atoms with Crippen LogP contribution in [0.15, 0.2) is 0 Å². The second-order valence-electron chi connectivity index (χ2n) is 4.43. The van der Waals surface area contributed by atoms with Crippen molar-refractivity contribution in [2.24, 2.45) is 0 Å². The molecular weight excluding hydrogens is 220 g/mol. The van der Waals surface area contributed by atoms with Gasteiger partial charge in [0.05, 0.1) is 18.5 Å². The summed E-state index contributed by atoms with van der Waals surface area (Å²) in [5.41, 5.74) is 0. The molecule has 0 unspecified atom stereocenters. The van der Waals surface area contributed by atoms with Crippen LogP contribution in [-0.2, 0) is 23.8 Å². The Balaban J connectivity index is 1.79. The summed E-state index contributed by atoms with van der Waals surface area (Å²) in [6, 6.07) is 0. The molecule has 0 aromatic rings. The van der Waals surface area contributed by atoms with Crippen LogP contribution in [0.25, 0.3) is 0 Å². The molecule has 5 nitrogen and oxygen atoms in total. The lowest BCUT2D eigenvalue weighted by Crippen LogP contribution is -2.26. The molecule has 0 aromatic carbocycles. The third kappa shape index (κ3) is 2.90. The lowest BCUT2D eigenvalue weighted by Gasteiger charge is -2.16.